The Morgan fingerprint density at radius 3 is 3.00 bits per heavy atom. The van der Waals surface area contributed by atoms with Crippen LogP contribution in [0.25, 0.3) is 10.2 Å². The highest BCUT2D eigenvalue weighted by Crippen LogP contribution is 2.29. The number of para-hydroxylation sites is 1. The molecule has 0 atom stereocenters. The number of rotatable bonds is 3. The maximum Gasteiger partial charge on any atom is 0.142 e. The Bertz CT molecular complexity index is 436. The van der Waals surface area contributed by atoms with Gasteiger partial charge in [0, 0.05) is 0 Å². The fraction of sp³-hybridized carbons (Fsp3) is 0.364. The molecule has 0 spiro atoms. The van der Waals surface area contributed by atoms with Gasteiger partial charge in [-0.2, -0.15) is 0 Å². The summed E-state index contributed by atoms with van der Waals surface area (Å²) in [6.45, 7) is 2.17. The van der Waals surface area contributed by atoms with Gasteiger partial charge in [0.25, 0.3) is 0 Å². The Labute approximate surface area is 87.2 Å². The lowest BCUT2D eigenvalue weighted by molar-refractivity contribution is 0.480. The number of benzene rings is 1. The Balaban J connectivity index is 2.36. The molecule has 0 saturated heterocycles. The van der Waals surface area contributed by atoms with Gasteiger partial charge in [-0.1, -0.05) is 19.4 Å². The lowest BCUT2D eigenvalue weighted by Crippen LogP contribution is -1.81. The van der Waals surface area contributed by atoms with E-state index in [1.54, 1.807) is 17.4 Å². The van der Waals surface area contributed by atoms with Gasteiger partial charge in [0.2, 0.25) is 0 Å². The summed E-state index contributed by atoms with van der Waals surface area (Å²) >= 11 is 1.68. The fourth-order valence-electron chi connectivity index (χ4n) is 1.41. The third-order valence-electron chi connectivity index (χ3n) is 2.19. The largest absolute Gasteiger partial charge is 0.506 e. The standard InChI is InChI=1S/C11H13NOS/c1-2-3-7-10-12-11-8(13)5-4-6-9(11)14-10/h4-6,13H,2-3,7H2,1H3. The molecule has 0 bridgehead atoms. The number of aromatic hydroxyl groups is 1. The Kier molecular flexibility index (Phi) is 2.68. The van der Waals surface area contributed by atoms with Crippen LogP contribution in [0.4, 0.5) is 0 Å². The van der Waals surface area contributed by atoms with Crippen LogP contribution in [0.2, 0.25) is 0 Å². The minimum absolute atomic E-state index is 0.293. The van der Waals surface area contributed by atoms with E-state index in [1.165, 1.54) is 12.8 Å². The Hall–Kier alpha value is -1.09. The zero-order valence-corrected chi connectivity index (χ0v) is 8.97. The predicted molar refractivity (Wildman–Crippen MR) is 59.9 cm³/mol. The van der Waals surface area contributed by atoms with E-state index < -0.39 is 0 Å². The van der Waals surface area contributed by atoms with Gasteiger partial charge in [0.1, 0.15) is 11.3 Å². The number of phenolic OH excluding ortho intramolecular Hbond substituents is 1. The molecule has 0 amide bonds. The van der Waals surface area contributed by atoms with Crippen molar-refractivity contribution >= 4 is 21.6 Å². The van der Waals surface area contributed by atoms with Crippen molar-refractivity contribution in [3.8, 4) is 5.75 Å². The molecule has 3 heteroatoms. The van der Waals surface area contributed by atoms with E-state index in [0.717, 1.165) is 21.6 Å². The summed E-state index contributed by atoms with van der Waals surface area (Å²) in [7, 11) is 0. The molecular formula is C11H13NOS. The van der Waals surface area contributed by atoms with E-state index in [0.29, 0.717) is 5.75 Å². The summed E-state index contributed by atoms with van der Waals surface area (Å²) in [6, 6.07) is 5.55. The molecular weight excluding hydrogens is 194 g/mol. The first kappa shape index (κ1) is 9.46. The molecule has 0 aliphatic heterocycles. The van der Waals surface area contributed by atoms with Gasteiger partial charge >= 0.3 is 0 Å². The second-order valence-electron chi connectivity index (χ2n) is 3.34. The van der Waals surface area contributed by atoms with Gasteiger partial charge in [0.05, 0.1) is 9.71 Å². The number of hydrogen-bond acceptors (Lipinski definition) is 3. The molecule has 2 rings (SSSR count). The highest BCUT2D eigenvalue weighted by atomic mass is 32.1. The van der Waals surface area contributed by atoms with Gasteiger partial charge in [0.15, 0.2) is 0 Å². The summed E-state index contributed by atoms with van der Waals surface area (Å²) in [4.78, 5) is 4.42. The first-order valence-electron chi connectivity index (χ1n) is 4.88. The number of nitrogens with zero attached hydrogens (tertiary/aromatic N) is 1. The third kappa shape index (κ3) is 1.73. The molecule has 0 saturated carbocycles. The Morgan fingerprint density at radius 1 is 1.43 bits per heavy atom. The van der Waals surface area contributed by atoms with E-state index in [2.05, 4.69) is 11.9 Å². The van der Waals surface area contributed by atoms with Crippen LogP contribution < -0.4 is 0 Å². The molecule has 2 aromatic rings. The molecule has 1 aromatic heterocycles. The quantitative estimate of drug-likeness (QED) is 0.837. The predicted octanol–water partition coefficient (Wildman–Crippen LogP) is 3.34. The van der Waals surface area contributed by atoms with Crippen LogP contribution in [0, 0.1) is 0 Å². The summed E-state index contributed by atoms with van der Waals surface area (Å²) in [5.74, 6) is 0.293. The van der Waals surface area contributed by atoms with Crippen LogP contribution in [0.1, 0.15) is 24.8 Å². The van der Waals surface area contributed by atoms with Crippen LogP contribution in [0.5, 0.6) is 5.75 Å². The SMILES string of the molecule is CCCCc1nc2c(O)cccc2s1. The van der Waals surface area contributed by atoms with Crippen LogP contribution >= 0.6 is 11.3 Å². The fourth-order valence-corrected chi connectivity index (χ4v) is 2.45. The van der Waals surface area contributed by atoms with Crippen molar-refractivity contribution in [1.29, 1.82) is 0 Å². The third-order valence-corrected chi connectivity index (χ3v) is 3.27. The highest BCUT2D eigenvalue weighted by Gasteiger charge is 2.06. The van der Waals surface area contributed by atoms with Crippen LogP contribution in [0.3, 0.4) is 0 Å². The summed E-state index contributed by atoms with van der Waals surface area (Å²) in [5.41, 5.74) is 0.753. The van der Waals surface area contributed by atoms with E-state index in [4.69, 9.17) is 0 Å². The molecule has 0 aliphatic rings. The summed E-state index contributed by atoms with van der Waals surface area (Å²) in [6.07, 6.45) is 3.37. The summed E-state index contributed by atoms with van der Waals surface area (Å²) in [5, 5.41) is 10.7. The molecule has 14 heavy (non-hydrogen) atoms. The topological polar surface area (TPSA) is 33.1 Å². The van der Waals surface area contributed by atoms with Crippen molar-refractivity contribution in [3.05, 3.63) is 23.2 Å². The number of aromatic nitrogens is 1. The van der Waals surface area contributed by atoms with Gasteiger partial charge in [-0.25, -0.2) is 4.98 Å². The van der Waals surface area contributed by atoms with Crippen molar-refractivity contribution in [2.45, 2.75) is 26.2 Å². The molecule has 0 unspecified atom stereocenters. The van der Waals surface area contributed by atoms with Crippen molar-refractivity contribution in [2.75, 3.05) is 0 Å². The first-order chi connectivity index (χ1) is 6.81. The maximum absolute atomic E-state index is 9.55. The molecule has 0 radical (unpaired) electrons. The average Bonchev–Trinajstić information content (AvgIpc) is 2.59. The number of hydrogen-bond donors (Lipinski definition) is 1. The van der Waals surface area contributed by atoms with Crippen molar-refractivity contribution in [2.24, 2.45) is 0 Å². The molecule has 1 heterocycles. The molecule has 2 nitrogen and oxygen atoms in total. The van der Waals surface area contributed by atoms with E-state index in [-0.39, 0.29) is 0 Å². The molecule has 0 aliphatic carbocycles. The second-order valence-corrected chi connectivity index (χ2v) is 4.45. The van der Waals surface area contributed by atoms with E-state index >= 15 is 0 Å². The molecule has 1 aromatic carbocycles. The van der Waals surface area contributed by atoms with E-state index in [9.17, 15) is 5.11 Å². The number of thiazole rings is 1. The number of fused-ring (bicyclic) bond motifs is 1. The van der Waals surface area contributed by atoms with Gasteiger partial charge in [-0.3, -0.25) is 0 Å². The zero-order valence-electron chi connectivity index (χ0n) is 8.16. The maximum atomic E-state index is 9.55. The smallest absolute Gasteiger partial charge is 0.142 e. The van der Waals surface area contributed by atoms with Crippen molar-refractivity contribution in [1.82, 2.24) is 4.98 Å². The van der Waals surface area contributed by atoms with E-state index in [1.807, 2.05) is 12.1 Å². The lowest BCUT2D eigenvalue weighted by Gasteiger charge is -1.90. The summed E-state index contributed by atoms with van der Waals surface area (Å²) < 4.78 is 1.08. The number of aryl methyl sites for hydroxylation is 1. The molecule has 0 fully saturated rings. The Morgan fingerprint density at radius 2 is 2.29 bits per heavy atom. The number of phenols is 1. The highest BCUT2D eigenvalue weighted by molar-refractivity contribution is 7.18. The minimum atomic E-state index is 0.293. The van der Waals surface area contributed by atoms with Crippen LogP contribution in [0.15, 0.2) is 18.2 Å². The van der Waals surface area contributed by atoms with Gasteiger partial charge < -0.3 is 5.11 Å². The lowest BCUT2D eigenvalue weighted by atomic mass is 10.2. The van der Waals surface area contributed by atoms with Gasteiger partial charge in [-0.15, -0.1) is 11.3 Å². The van der Waals surface area contributed by atoms with Crippen LogP contribution in [-0.2, 0) is 6.42 Å². The average molecular weight is 207 g/mol. The second kappa shape index (κ2) is 3.96. The molecule has 74 valence electrons. The number of unbranched alkanes of at least 4 members (excludes halogenated alkanes) is 1. The zero-order chi connectivity index (χ0) is 9.97. The minimum Gasteiger partial charge on any atom is -0.506 e. The van der Waals surface area contributed by atoms with Crippen molar-refractivity contribution < 1.29 is 5.11 Å². The molecule has 1 N–H and O–H groups in total. The van der Waals surface area contributed by atoms with Gasteiger partial charge in [-0.05, 0) is 25.0 Å². The normalized spacial score (nSPS) is 10.9. The van der Waals surface area contributed by atoms with Crippen molar-refractivity contribution in [3.63, 3.8) is 0 Å². The first-order valence-corrected chi connectivity index (χ1v) is 5.70. The van der Waals surface area contributed by atoms with Crippen LogP contribution in [-0.4, -0.2) is 10.1 Å². The monoisotopic (exact) mass is 207 g/mol.